The number of piperidine rings is 1. The van der Waals surface area contributed by atoms with Gasteiger partial charge in [-0.25, -0.2) is 0 Å². The number of rotatable bonds is 5. The predicted octanol–water partition coefficient (Wildman–Crippen LogP) is 2.44. The molecule has 4 heteroatoms. The van der Waals surface area contributed by atoms with Crippen molar-refractivity contribution in [2.45, 2.75) is 46.6 Å². The first-order valence-electron chi connectivity index (χ1n) is 9.20. The van der Waals surface area contributed by atoms with Crippen molar-refractivity contribution in [3.63, 3.8) is 0 Å². The summed E-state index contributed by atoms with van der Waals surface area (Å²) in [4.78, 5) is 18.0. The number of pyridine rings is 1. The molecule has 0 aliphatic carbocycles. The van der Waals surface area contributed by atoms with Gasteiger partial charge in [-0.3, -0.25) is 4.79 Å². The van der Waals surface area contributed by atoms with Gasteiger partial charge in [0.2, 0.25) is 0 Å². The van der Waals surface area contributed by atoms with Crippen molar-refractivity contribution in [3.05, 3.63) is 39.7 Å². The summed E-state index contributed by atoms with van der Waals surface area (Å²) in [6, 6.07) is 5.78. The highest BCUT2D eigenvalue weighted by Crippen LogP contribution is 2.19. The number of quaternary nitrogens is 1. The van der Waals surface area contributed by atoms with E-state index < -0.39 is 0 Å². The number of aromatic nitrogens is 1. The Morgan fingerprint density at radius 3 is 2.96 bits per heavy atom. The molecule has 1 fully saturated rings. The molecule has 24 heavy (non-hydrogen) atoms. The zero-order valence-electron chi connectivity index (χ0n) is 15.1. The molecule has 0 saturated carbocycles. The second kappa shape index (κ2) is 7.39. The third-order valence-corrected chi connectivity index (χ3v) is 5.05. The molecule has 1 unspecified atom stereocenters. The van der Waals surface area contributed by atoms with Crippen molar-refractivity contribution in [1.82, 2.24) is 4.98 Å². The number of fused-ring (bicyclic) bond motifs is 1. The lowest BCUT2D eigenvalue weighted by molar-refractivity contribution is -0.922. The smallest absolute Gasteiger partial charge is 0.198 e. The van der Waals surface area contributed by atoms with Crippen LogP contribution in [0.25, 0.3) is 10.9 Å². The third-order valence-electron chi connectivity index (χ3n) is 5.05. The second-order valence-electron chi connectivity index (χ2n) is 7.24. The Balaban J connectivity index is 1.93. The molecule has 0 amide bonds. The van der Waals surface area contributed by atoms with Gasteiger partial charge < -0.3 is 14.6 Å². The van der Waals surface area contributed by atoms with Gasteiger partial charge >= 0.3 is 0 Å². The molecule has 1 aliphatic heterocycles. The van der Waals surface area contributed by atoms with Crippen LogP contribution in [-0.2, 0) is 6.54 Å². The third kappa shape index (κ3) is 3.64. The summed E-state index contributed by atoms with van der Waals surface area (Å²) in [5.74, 6) is 1.53. The van der Waals surface area contributed by atoms with Crippen molar-refractivity contribution in [2.75, 3.05) is 19.7 Å². The molecule has 2 N–H and O–H groups in total. The predicted molar refractivity (Wildman–Crippen MR) is 97.9 cm³/mol. The Labute approximate surface area is 143 Å². The minimum absolute atomic E-state index is 0.161. The molecule has 1 aliphatic rings. The van der Waals surface area contributed by atoms with E-state index in [1.165, 1.54) is 24.3 Å². The topological polar surface area (TPSA) is 46.5 Å². The normalized spacial score (nSPS) is 21.1. The van der Waals surface area contributed by atoms with Crippen LogP contribution < -0.4 is 15.1 Å². The van der Waals surface area contributed by atoms with Gasteiger partial charge in [-0.15, -0.1) is 0 Å². The van der Waals surface area contributed by atoms with Crippen LogP contribution in [0.15, 0.2) is 23.0 Å². The van der Waals surface area contributed by atoms with Gasteiger partial charge in [-0.05, 0) is 44.4 Å². The average Bonchev–Trinajstić information content (AvgIpc) is 2.57. The molecule has 0 spiro atoms. The molecule has 1 aromatic heterocycles. The van der Waals surface area contributed by atoms with Gasteiger partial charge in [0.1, 0.15) is 12.3 Å². The lowest BCUT2D eigenvalue weighted by Gasteiger charge is -2.28. The van der Waals surface area contributed by atoms with E-state index in [9.17, 15) is 4.79 Å². The van der Waals surface area contributed by atoms with E-state index in [1.807, 2.05) is 25.1 Å². The average molecular weight is 329 g/mol. The molecule has 2 heterocycles. The molecular weight excluding hydrogens is 300 g/mol. The van der Waals surface area contributed by atoms with Crippen molar-refractivity contribution >= 4 is 10.9 Å². The maximum absolute atomic E-state index is 13.0. The molecule has 4 nitrogen and oxygen atoms in total. The van der Waals surface area contributed by atoms with E-state index in [2.05, 4.69) is 18.8 Å². The standard InChI is InChI=1S/C20H28N2O2/c1-4-10-24-16-7-8-19-17(11-16)20(23)18(15(3)21-19)13-22-9-5-6-14(2)12-22/h7-8,11,14H,4-6,9-10,12-13H2,1-3H3,(H,21,23)/p+1/t14-/m0/s1. The number of likely N-dealkylation sites (tertiary alicyclic amines) is 1. The van der Waals surface area contributed by atoms with Crippen LogP contribution in [0.5, 0.6) is 5.75 Å². The number of H-pyrrole nitrogens is 1. The lowest BCUT2D eigenvalue weighted by atomic mass is 9.99. The molecule has 0 radical (unpaired) electrons. The van der Waals surface area contributed by atoms with Crippen molar-refractivity contribution < 1.29 is 9.64 Å². The molecule has 1 saturated heterocycles. The van der Waals surface area contributed by atoms with Crippen LogP contribution in [0.1, 0.15) is 44.4 Å². The Morgan fingerprint density at radius 1 is 1.38 bits per heavy atom. The zero-order valence-corrected chi connectivity index (χ0v) is 15.1. The Bertz CT molecular complexity index is 766. The lowest BCUT2D eigenvalue weighted by Crippen LogP contribution is -3.12. The number of hydrogen-bond donors (Lipinski definition) is 2. The molecule has 0 bridgehead atoms. The van der Waals surface area contributed by atoms with Crippen LogP contribution in [0.3, 0.4) is 0 Å². The minimum Gasteiger partial charge on any atom is -0.494 e. The fraction of sp³-hybridized carbons (Fsp3) is 0.550. The number of aryl methyl sites for hydroxylation is 1. The number of nitrogens with one attached hydrogen (secondary N) is 2. The van der Waals surface area contributed by atoms with Gasteiger partial charge in [0.05, 0.1) is 25.3 Å². The van der Waals surface area contributed by atoms with Crippen LogP contribution in [0, 0.1) is 12.8 Å². The van der Waals surface area contributed by atoms with E-state index in [0.29, 0.717) is 6.61 Å². The van der Waals surface area contributed by atoms with Crippen molar-refractivity contribution in [2.24, 2.45) is 5.92 Å². The zero-order chi connectivity index (χ0) is 17.1. The van der Waals surface area contributed by atoms with E-state index in [1.54, 1.807) is 0 Å². The Hall–Kier alpha value is -1.81. The van der Waals surface area contributed by atoms with Crippen molar-refractivity contribution in [1.29, 1.82) is 0 Å². The van der Waals surface area contributed by atoms with E-state index in [4.69, 9.17) is 4.74 Å². The van der Waals surface area contributed by atoms with Gasteiger partial charge in [-0.1, -0.05) is 13.8 Å². The molecule has 2 atom stereocenters. The molecular formula is C20H29N2O2+. The summed E-state index contributed by atoms with van der Waals surface area (Å²) in [6.45, 7) is 10.2. The summed E-state index contributed by atoms with van der Waals surface area (Å²) in [5.41, 5.74) is 2.99. The van der Waals surface area contributed by atoms with Gasteiger partial charge in [0.15, 0.2) is 5.43 Å². The van der Waals surface area contributed by atoms with Gasteiger partial charge in [-0.2, -0.15) is 0 Å². The van der Waals surface area contributed by atoms with Gasteiger partial charge in [0.25, 0.3) is 0 Å². The molecule has 2 aromatic rings. The summed E-state index contributed by atoms with van der Waals surface area (Å²) in [6.07, 6.45) is 3.54. The Kier molecular flexibility index (Phi) is 5.24. The molecule has 130 valence electrons. The van der Waals surface area contributed by atoms with E-state index in [-0.39, 0.29) is 5.43 Å². The maximum atomic E-state index is 13.0. The summed E-state index contributed by atoms with van der Waals surface area (Å²) < 4.78 is 5.69. The monoisotopic (exact) mass is 329 g/mol. The maximum Gasteiger partial charge on any atom is 0.198 e. The quantitative estimate of drug-likeness (QED) is 0.885. The molecule has 3 rings (SSSR count). The SMILES string of the molecule is CCCOc1ccc2[nH]c(C)c(C[NH+]3CCC[C@H](C)C3)c(=O)c2c1. The number of ether oxygens (including phenoxy) is 1. The fourth-order valence-corrected chi connectivity index (χ4v) is 3.76. The summed E-state index contributed by atoms with van der Waals surface area (Å²) >= 11 is 0. The Morgan fingerprint density at radius 2 is 2.21 bits per heavy atom. The minimum atomic E-state index is 0.161. The summed E-state index contributed by atoms with van der Waals surface area (Å²) in [5, 5.41) is 0.744. The van der Waals surface area contributed by atoms with Crippen LogP contribution in [0.2, 0.25) is 0 Å². The number of hydrogen-bond acceptors (Lipinski definition) is 2. The van der Waals surface area contributed by atoms with Crippen LogP contribution >= 0.6 is 0 Å². The highest BCUT2D eigenvalue weighted by atomic mass is 16.5. The largest absolute Gasteiger partial charge is 0.494 e. The number of aromatic amines is 1. The highest BCUT2D eigenvalue weighted by molar-refractivity contribution is 5.81. The van der Waals surface area contributed by atoms with Crippen LogP contribution in [0.4, 0.5) is 0 Å². The first-order chi connectivity index (χ1) is 11.6. The fourth-order valence-electron chi connectivity index (χ4n) is 3.76. The van der Waals surface area contributed by atoms with Crippen molar-refractivity contribution in [3.8, 4) is 5.75 Å². The van der Waals surface area contributed by atoms with Crippen LogP contribution in [-0.4, -0.2) is 24.7 Å². The molecule has 1 aromatic carbocycles. The highest BCUT2D eigenvalue weighted by Gasteiger charge is 2.22. The van der Waals surface area contributed by atoms with E-state index >= 15 is 0 Å². The second-order valence-corrected chi connectivity index (χ2v) is 7.24. The van der Waals surface area contributed by atoms with E-state index in [0.717, 1.165) is 53.3 Å². The first kappa shape index (κ1) is 17.0. The first-order valence-corrected chi connectivity index (χ1v) is 9.20. The van der Waals surface area contributed by atoms with Gasteiger partial charge in [0, 0.05) is 22.5 Å². The summed E-state index contributed by atoms with van der Waals surface area (Å²) in [7, 11) is 0. The number of benzene rings is 1.